The number of rotatable bonds is 0. The fourth-order valence-corrected chi connectivity index (χ4v) is 2.32. The molecular formula is C13H25NO2. The van der Waals surface area contributed by atoms with Gasteiger partial charge in [-0.2, -0.15) is 5.06 Å². The van der Waals surface area contributed by atoms with Crippen LogP contribution in [0.15, 0.2) is 0 Å². The Kier molecular flexibility index (Phi) is 3.51. The van der Waals surface area contributed by atoms with E-state index in [1.807, 2.05) is 0 Å². The molecule has 1 heterocycles. The lowest BCUT2D eigenvalue weighted by Gasteiger charge is -2.47. The molecule has 0 spiro atoms. The van der Waals surface area contributed by atoms with Gasteiger partial charge in [0.05, 0.1) is 0 Å². The predicted molar refractivity (Wildman–Crippen MR) is 64.4 cm³/mol. The zero-order chi connectivity index (χ0) is 12.7. The van der Waals surface area contributed by atoms with Crippen molar-refractivity contribution in [1.29, 1.82) is 0 Å². The molecule has 1 fully saturated rings. The number of ketones is 1. The topological polar surface area (TPSA) is 40.5 Å². The summed E-state index contributed by atoms with van der Waals surface area (Å²) < 4.78 is 0. The lowest BCUT2D eigenvalue weighted by atomic mass is 9.74. The number of nitrogens with zero attached hydrogens (tertiary/aromatic N) is 1. The van der Waals surface area contributed by atoms with Gasteiger partial charge in [0.15, 0.2) is 0 Å². The van der Waals surface area contributed by atoms with E-state index < -0.39 is 0 Å². The Morgan fingerprint density at radius 2 is 1.31 bits per heavy atom. The highest BCUT2D eigenvalue weighted by Gasteiger charge is 2.44. The minimum atomic E-state index is -0.0751. The fourth-order valence-electron chi connectivity index (χ4n) is 2.32. The molecule has 0 aliphatic carbocycles. The average Bonchev–Trinajstić information content (AvgIpc) is 2.04. The first-order chi connectivity index (χ1) is 7.03. The number of carbonyl (C=O) groups excluding carboxylic acids is 1. The molecule has 2 unspecified atom stereocenters. The average molecular weight is 227 g/mol. The molecule has 3 nitrogen and oxygen atoms in total. The summed E-state index contributed by atoms with van der Waals surface area (Å²) in [5.74, 6) is 0.269. The van der Waals surface area contributed by atoms with Crippen LogP contribution in [0, 0.1) is 10.8 Å². The van der Waals surface area contributed by atoms with Crippen LogP contribution in [0.4, 0.5) is 0 Å². The normalized spacial score (nSPS) is 29.6. The van der Waals surface area contributed by atoms with Gasteiger partial charge in [0, 0.05) is 24.9 Å². The van der Waals surface area contributed by atoms with Gasteiger partial charge < -0.3 is 5.21 Å². The predicted octanol–water partition coefficient (Wildman–Crippen LogP) is 2.87. The maximum atomic E-state index is 11.8. The molecule has 0 aromatic carbocycles. The van der Waals surface area contributed by atoms with Crippen molar-refractivity contribution in [3.8, 4) is 0 Å². The summed E-state index contributed by atoms with van der Waals surface area (Å²) >= 11 is 0. The molecule has 1 rings (SSSR count). The van der Waals surface area contributed by atoms with E-state index in [-0.39, 0.29) is 28.7 Å². The number of Topliss-reactive ketones (excluding diaryl/α,β-unsaturated/α-hetero) is 1. The van der Waals surface area contributed by atoms with Crippen molar-refractivity contribution in [2.24, 2.45) is 10.8 Å². The van der Waals surface area contributed by atoms with Crippen LogP contribution in [0.3, 0.4) is 0 Å². The molecule has 1 aliphatic heterocycles. The standard InChI is InChI=1S/C13H25NO2/c1-12(2,3)10-7-9(15)8-11(14(10)16)13(4,5)6/h10-11,16H,7-8H2,1-6H3. The molecule has 1 aliphatic rings. The first kappa shape index (κ1) is 13.7. The van der Waals surface area contributed by atoms with Crippen LogP contribution in [-0.4, -0.2) is 28.1 Å². The number of carbonyl (C=O) groups is 1. The van der Waals surface area contributed by atoms with Gasteiger partial charge in [-0.05, 0) is 10.8 Å². The fraction of sp³-hybridized carbons (Fsp3) is 0.923. The second kappa shape index (κ2) is 4.11. The van der Waals surface area contributed by atoms with Crippen LogP contribution in [0.2, 0.25) is 0 Å². The van der Waals surface area contributed by atoms with Crippen molar-refractivity contribution in [3.05, 3.63) is 0 Å². The highest BCUT2D eigenvalue weighted by molar-refractivity contribution is 5.80. The van der Waals surface area contributed by atoms with Crippen LogP contribution in [-0.2, 0) is 4.79 Å². The maximum absolute atomic E-state index is 11.8. The third-order valence-electron chi connectivity index (χ3n) is 3.48. The Bertz CT molecular complexity index is 247. The van der Waals surface area contributed by atoms with Crippen molar-refractivity contribution in [2.75, 3.05) is 0 Å². The van der Waals surface area contributed by atoms with Gasteiger partial charge in [0.2, 0.25) is 0 Å². The van der Waals surface area contributed by atoms with E-state index in [1.165, 1.54) is 5.06 Å². The highest BCUT2D eigenvalue weighted by Crippen LogP contribution is 2.37. The summed E-state index contributed by atoms with van der Waals surface area (Å²) in [7, 11) is 0. The molecule has 1 saturated heterocycles. The van der Waals surface area contributed by atoms with Crippen molar-refractivity contribution in [2.45, 2.75) is 66.5 Å². The number of hydrogen-bond acceptors (Lipinski definition) is 3. The molecule has 0 bridgehead atoms. The van der Waals surface area contributed by atoms with Crippen molar-refractivity contribution in [3.63, 3.8) is 0 Å². The highest BCUT2D eigenvalue weighted by atomic mass is 16.5. The quantitative estimate of drug-likeness (QED) is 0.691. The summed E-state index contributed by atoms with van der Waals surface area (Å²) in [6, 6.07) is -0.143. The van der Waals surface area contributed by atoms with Crippen LogP contribution in [0.25, 0.3) is 0 Å². The van der Waals surface area contributed by atoms with Gasteiger partial charge in [0.25, 0.3) is 0 Å². The van der Waals surface area contributed by atoms with Gasteiger partial charge in [-0.1, -0.05) is 41.5 Å². The third kappa shape index (κ3) is 2.83. The zero-order valence-electron chi connectivity index (χ0n) is 11.4. The molecule has 2 atom stereocenters. The van der Waals surface area contributed by atoms with E-state index in [9.17, 15) is 10.0 Å². The Morgan fingerprint density at radius 3 is 1.56 bits per heavy atom. The van der Waals surface area contributed by atoms with Gasteiger partial charge in [-0.15, -0.1) is 0 Å². The summed E-state index contributed by atoms with van der Waals surface area (Å²) in [4.78, 5) is 11.8. The van der Waals surface area contributed by atoms with Gasteiger partial charge in [-0.3, -0.25) is 4.79 Å². The van der Waals surface area contributed by atoms with Gasteiger partial charge in [0.1, 0.15) is 5.78 Å². The van der Waals surface area contributed by atoms with E-state index >= 15 is 0 Å². The third-order valence-corrected chi connectivity index (χ3v) is 3.48. The van der Waals surface area contributed by atoms with E-state index in [1.54, 1.807) is 0 Å². The first-order valence-corrected chi connectivity index (χ1v) is 6.02. The molecule has 1 N–H and O–H groups in total. The second-order valence-corrected chi connectivity index (χ2v) is 7.09. The summed E-state index contributed by atoms with van der Waals surface area (Å²) in [5, 5.41) is 11.7. The Hall–Kier alpha value is -0.410. The number of hydrogen-bond donors (Lipinski definition) is 1. The zero-order valence-corrected chi connectivity index (χ0v) is 11.4. The Labute approximate surface area is 98.8 Å². The molecular weight excluding hydrogens is 202 g/mol. The van der Waals surface area contributed by atoms with Crippen LogP contribution in [0.5, 0.6) is 0 Å². The summed E-state index contributed by atoms with van der Waals surface area (Å²) in [6.07, 6.45) is 0.930. The van der Waals surface area contributed by atoms with Crippen LogP contribution >= 0.6 is 0 Å². The molecule has 3 heteroatoms. The molecule has 0 aromatic heterocycles. The number of piperidine rings is 1. The first-order valence-electron chi connectivity index (χ1n) is 6.02. The Morgan fingerprint density at radius 1 is 1.00 bits per heavy atom. The molecule has 0 saturated carbocycles. The molecule has 0 amide bonds. The van der Waals surface area contributed by atoms with E-state index in [0.717, 1.165) is 0 Å². The van der Waals surface area contributed by atoms with Crippen LogP contribution < -0.4 is 0 Å². The SMILES string of the molecule is CC(C)(C)C1CC(=O)CC(C(C)(C)C)N1O. The molecule has 94 valence electrons. The minimum absolute atomic E-state index is 0.0713. The molecule has 0 radical (unpaired) electrons. The van der Waals surface area contributed by atoms with Crippen molar-refractivity contribution < 1.29 is 10.0 Å². The summed E-state index contributed by atoms with van der Waals surface area (Å²) in [6.45, 7) is 12.4. The van der Waals surface area contributed by atoms with E-state index in [2.05, 4.69) is 41.5 Å². The Balaban J connectivity index is 2.95. The minimum Gasteiger partial charge on any atom is -0.313 e. The van der Waals surface area contributed by atoms with E-state index in [0.29, 0.717) is 12.8 Å². The van der Waals surface area contributed by atoms with Crippen LogP contribution in [0.1, 0.15) is 54.4 Å². The molecule has 16 heavy (non-hydrogen) atoms. The van der Waals surface area contributed by atoms with Crippen molar-refractivity contribution in [1.82, 2.24) is 5.06 Å². The number of hydroxylamine groups is 2. The monoisotopic (exact) mass is 227 g/mol. The lowest BCUT2D eigenvalue weighted by molar-refractivity contribution is -0.219. The van der Waals surface area contributed by atoms with Gasteiger partial charge >= 0.3 is 0 Å². The second-order valence-electron chi connectivity index (χ2n) is 7.09. The van der Waals surface area contributed by atoms with E-state index in [4.69, 9.17) is 0 Å². The lowest BCUT2D eigenvalue weighted by Crippen LogP contribution is -2.57. The van der Waals surface area contributed by atoms with Gasteiger partial charge in [-0.25, -0.2) is 0 Å². The smallest absolute Gasteiger partial charge is 0.136 e. The largest absolute Gasteiger partial charge is 0.313 e. The van der Waals surface area contributed by atoms with Crippen molar-refractivity contribution >= 4 is 5.78 Å². The molecule has 0 aromatic rings. The maximum Gasteiger partial charge on any atom is 0.136 e. The summed E-state index contributed by atoms with van der Waals surface area (Å²) in [5.41, 5.74) is -0.150.